The Bertz CT molecular complexity index is 305. The first-order chi connectivity index (χ1) is 10.3. The van der Waals surface area contributed by atoms with Crippen molar-refractivity contribution in [3.63, 3.8) is 0 Å². The van der Waals surface area contributed by atoms with Gasteiger partial charge in [0, 0.05) is 0 Å². The summed E-state index contributed by atoms with van der Waals surface area (Å²) in [5.74, 6) is -0.111. The minimum atomic E-state index is -0.0645. The van der Waals surface area contributed by atoms with E-state index in [2.05, 4.69) is 27.4 Å². The Hall–Kier alpha value is -0.790. The molecule has 1 unspecified atom stereocenters. The summed E-state index contributed by atoms with van der Waals surface area (Å²) in [4.78, 5) is 11.9. The highest BCUT2D eigenvalue weighted by Gasteiger charge is 2.25. The highest BCUT2D eigenvalue weighted by molar-refractivity contribution is 5.71. The summed E-state index contributed by atoms with van der Waals surface area (Å²) in [6.45, 7) is 14.3. The molecule has 0 spiro atoms. The van der Waals surface area contributed by atoms with Crippen LogP contribution in [0.1, 0.15) is 92.4 Å². The van der Waals surface area contributed by atoms with Crippen molar-refractivity contribution < 1.29 is 9.53 Å². The summed E-state index contributed by atoms with van der Waals surface area (Å²) in [5.41, 5.74) is 0.145. The Morgan fingerprint density at radius 1 is 1.14 bits per heavy atom. The first-order valence-electron chi connectivity index (χ1n) is 9.13. The van der Waals surface area contributed by atoms with Gasteiger partial charge in [-0.05, 0) is 31.1 Å². The van der Waals surface area contributed by atoms with Crippen LogP contribution in [0.25, 0.3) is 0 Å². The van der Waals surface area contributed by atoms with E-state index >= 15 is 0 Å². The average Bonchev–Trinajstić information content (AvgIpc) is 2.41. The maximum Gasteiger partial charge on any atom is 0.308 e. The summed E-state index contributed by atoms with van der Waals surface area (Å²) in [6, 6.07) is 0. The molecule has 0 bridgehead atoms. The van der Waals surface area contributed by atoms with E-state index in [0.29, 0.717) is 0 Å². The largest absolute Gasteiger partial charge is 0.462 e. The standard InChI is InChI=1S/C20H38O2/c1-7-9-10-11-12-13-14-18(22-19(21)17(3)4)16-20(5,6)15-8-2/h8,17-18H,2,7,9-16H2,1,3-6H3. The molecule has 1 atom stereocenters. The van der Waals surface area contributed by atoms with Crippen LogP contribution in [0.2, 0.25) is 0 Å². The second kappa shape index (κ2) is 11.7. The van der Waals surface area contributed by atoms with Gasteiger partial charge in [0.15, 0.2) is 0 Å². The highest BCUT2D eigenvalue weighted by atomic mass is 16.5. The molecular formula is C20H38O2. The number of rotatable bonds is 13. The number of carbonyl (C=O) groups excluding carboxylic acids is 1. The van der Waals surface area contributed by atoms with Gasteiger partial charge in [-0.25, -0.2) is 0 Å². The average molecular weight is 311 g/mol. The van der Waals surface area contributed by atoms with E-state index in [1.807, 2.05) is 19.9 Å². The Kier molecular flexibility index (Phi) is 11.3. The van der Waals surface area contributed by atoms with Crippen LogP contribution in [-0.2, 0) is 9.53 Å². The fourth-order valence-corrected chi connectivity index (χ4v) is 2.75. The maximum atomic E-state index is 11.9. The minimum absolute atomic E-state index is 0.0467. The summed E-state index contributed by atoms with van der Waals surface area (Å²) in [7, 11) is 0. The van der Waals surface area contributed by atoms with E-state index in [-0.39, 0.29) is 23.4 Å². The van der Waals surface area contributed by atoms with E-state index in [9.17, 15) is 4.79 Å². The normalized spacial score (nSPS) is 13.2. The van der Waals surface area contributed by atoms with Gasteiger partial charge in [-0.2, -0.15) is 0 Å². The summed E-state index contributed by atoms with van der Waals surface area (Å²) in [5, 5.41) is 0. The summed E-state index contributed by atoms with van der Waals surface area (Å²) in [6.07, 6.45) is 12.5. The number of unbranched alkanes of at least 4 members (excludes halogenated alkanes) is 5. The molecule has 0 N–H and O–H groups in total. The molecule has 0 aromatic rings. The van der Waals surface area contributed by atoms with Crippen molar-refractivity contribution in [2.24, 2.45) is 11.3 Å². The second-order valence-electron chi connectivity index (χ2n) is 7.63. The predicted octanol–water partition coefficient (Wildman–Crippen LogP) is 6.30. The quantitative estimate of drug-likeness (QED) is 0.227. The molecule has 0 saturated carbocycles. The lowest BCUT2D eigenvalue weighted by atomic mass is 9.82. The van der Waals surface area contributed by atoms with Crippen molar-refractivity contribution in [3.05, 3.63) is 12.7 Å². The van der Waals surface area contributed by atoms with Gasteiger partial charge in [-0.1, -0.05) is 72.8 Å². The zero-order chi connectivity index (χ0) is 17.0. The number of hydrogen-bond donors (Lipinski definition) is 0. The molecule has 0 amide bonds. The lowest BCUT2D eigenvalue weighted by Gasteiger charge is -2.29. The third-order valence-electron chi connectivity index (χ3n) is 4.11. The minimum Gasteiger partial charge on any atom is -0.462 e. The zero-order valence-electron chi connectivity index (χ0n) is 15.6. The second-order valence-corrected chi connectivity index (χ2v) is 7.63. The number of allylic oxidation sites excluding steroid dienone is 1. The fraction of sp³-hybridized carbons (Fsp3) is 0.850. The van der Waals surface area contributed by atoms with Crippen molar-refractivity contribution in [3.8, 4) is 0 Å². The van der Waals surface area contributed by atoms with Crippen LogP contribution >= 0.6 is 0 Å². The van der Waals surface area contributed by atoms with Gasteiger partial charge < -0.3 is 4.74 Å². The van der Waals surface area contributed by atoms with Crippen LogP contribution in [-0.4, -0.2) is 12.1 Å². The van der Waals surface area contributed by atoms with E-state index in [1.54, 1.807) is 0 Å². The van der Waals surface area contributed by atoms with E-state index in [0.717, 1.165) is 25.7 Å². The van der Waals surface area contributed by atoms with Crippen LogP contribution in [0, 0.1) is 11.3 Å². The van der Waals surface area contributed by atoms with E-state index in [1.165, 1.54) is 32.1 Å². The van der Waals surface area contributed by atoms with Gasteiger partial charge in [-0.3, -0.25) is 4.79 Å². The molecule has 2 heteroatoms. The Balaban J connectivity index is 4.33. The van der Waals surface area contributed by atoms with Crippen molar-refractivity contribution in [2.45, 2.75) is 98.5 Å². The molecular weight excluding hydrogens is 272 g/mol. The van der Waals surface area contributed by atoms with Crippen LogP contribution < -0.4 is 0 Å². The number of ether oxygens (including phenoxy) is 1. The maximum absolute atomic E-state index is 11.9. The van der Waals surface area contributed by atoms with E-state index in [4.69, 9.17) is 4.74 Å². The van der Waals surface area contributed by atoms with Crippen LogP contribution in [0.4, 0.5) is 0 Å². The molecule has 0 aliphatic rings. The van der Waals surface area contributed by atoms with Crippen molar-refractivity contribution in [1.82, 2.24) is 0 Å². The van der Waals surface area contributed by atoms with Gasteiger partial charge in [0.05, 0.1) is 5.92 Å². The van der Waals surface area contributed by atoms with Gasteiger partial charge in [0.25, 0.3) is 0 Å². The van der Waals surface area contributed by atoms with Crippen molar-refractivity contribution >= 4 is 5.97 Å². The van der Waals surface area contributed by atoms with Gasteiger partial charge in [-0.15, -0.1) is 6.58 Å². The summed E-state index contributed by atoms with van der Waals surface area (Å²) >= 11 is 0. The van der Waals surface area contributed by atoms with E-state index < -0.39 is 0 Å². The van der Waals surface area contributed by atoms with Crippen molar-refractivity contribution in [2.75, 3.05) is 0 Å². The highest BCUT2D eigenvalue weighted by Crippen LogP contribution is 2.30. The van der Waals surface area contributed by atoms with Crippen LogP contribution in [0.5, 0.6) is 0 Å². The van der Waals surface area contributed by atoms with Gasteiger partial charge in [0.2, 0.25) is 0 Å². The topological polar surface area (TPSA) is 26.3 Å². The van der Waals surface area contributed by atoms with Crippen LogP contribution in [0.15, 0.2) is 12.7 Å². The summed E-state index contributed by atoms with van der Waals surface area (Å²) < 4.78 is 5.75. The first-order valence-corrected chi connectivity index (χ1v) is 9.13. The molecule has 130 valence electrons. The van der Waals surface area contributed by atoms with Gasteiger partial charge >= 0.3 is 5.97 Å². The zero-order valence-corrected chi connectivity index (χ0v) is 15.6. The smallest absolute Gasteiger partial charge is 0.308 e. The lowest BCUT2D eigenvalue weighted by molar-refractivity contribution is -0.154. The molecule has 2 nitrogen and oxygen atoms in total. The van der Waals surface area contributed by atoms with Crippen molar-refractivity contribution in [1.29, 1.82) is 0 Å². The Morgan fingerprint density at radius 3 is 2.27 bits per heavy atom. The first kappa shape index (κ1) is 21.2. The molecule has 0 aliphatic heterocycles. The third-order valence-corrected chi connectivity index (χ3v) is 4.11. The Morgan fingerprint density at radius 2 is 1.73 bits per heavy atom. The Labute approximate surface area is 138 Å². The predicted molar refractivity (Wildman–Crippen MR) is 95.9 cm³/mol. The third kappa shape index (κ3) is 10.9. The van der Waals surface area contributed by atoms with Gasteiger partial charge in [0.1, 0.15) is 6.10 Å². The molecule has 0 radical (unpaired) electrons. The molecule has 22 heavy (non-hydrogen) atoms. The molecule has 0 aromatic heterocycles. The lowest BCUT2D eigenvalue weighted by Crippen LogP contribution is -2.27. The molecule has 0 aromatic carbocycles. The molecule has 0 saturated heterocycles. The SMILES string of the molecule is C=CCC(C)(C)CC(CCCCCCCC)OC(=O)C(C)C. The van der Waals surface area contributed by atoms with Crippen LogP contribution in [0.3, 0.4) is 0 Å². The fourth-order valence-electron chi connectivity index (χ4n) is 2.75. The molecule has 0 aliphatic carbocycles. The number of esters is 1. The number of carbonyl (C=O) groups is 1. The molecule has 0 fully saturated rings. The molecule has 0 heterocycles. The molecule has 0 rings (SSSR count). The monoisotopic (exact) mass is 310 g/mol. The number of hydrogen-bond acceptors (Lipinski definition) is 2.